The van der Waals surface area contributed by atoms with Crippen molar-refractivity contribution in [3.05, 3.63) is 29.8 Å². The molecule has 0 radical (unpaired) electrons. The van der Waals surface area contributed by atoms with Gasteiger partial charge in [-0.3, -0.25) is 14.4 Å². The summed E-state index contributed by atoms with van der Waals surface area (Å²) in [6.45, 7) is 4.44. The summed E-state index contributed by atoms with van der Waals surface area (Å²) in [6.07, 6.45) is 1.23. The first-order chi connectivity index (χ1) is 14.1. The summed E-state index contributed by atoms with van der Waals surface area (Å²) in [4.78, 5) is 40.0. The third kappa shape index (κ3) is 3.54. The van der Waals surface area contributed by atoms with Crippen LogP contribution in [0.25, 0.3) is 0 Å². The number of sulfonamides is 1. The lowest BCUT2D eigenvalue weighted by molar-refractivity contribution is -0.144. The van der Waals surface area contributed by atoms with Crippen molar-refractivity contribution >= 4 is 39.4 Å². The molecule has 3 fully saturated rings. The minimum Gasteiger partial charge on any atom is -0.338 e. The van der Waals surface area contributed by atoms with Gasteiger partial charge in [-0.2, -0.15) is 4.31 Å². The van der Waals surface area contributed by atoms with Crippen LogP contribution in [0.2, 0.25) is 0 Å². The standard InChI is InChI=1S/C20H25N3O5S2/c1-14(24)15-3-5-16(6-4-15)30(27,28)22-11-9-21(10-12-22)19(26)17-13-29-20(2)8-7-18(25)23(17)20/h3-6,17H,7-13H2,1-2H3. The predicted octanol–water partition coefficient (Wildman–Crippen LogP) is 1.18. The molecule has 1 aromatic carbocycles. The molecule has 3 saturated heterocycles. The molecular formula is C20H25N3O5S2. The fourth-order valence-corrected chi connectivity index (χ4v) is 7.22. The number of fused-ring (bicyclic) bond motifs is 1. The zero-order valence-electron chi connectivity index (χ0n) is 17.0. The highest BCUT2D eigenvalue weighted by molar-refractivity contribution is 8.01. The zero-order chi connectivity index (χ0) is 21.7. The van der Waals surface area contributed by atoms with Crippen molar-refractivity contribution in [2.45, 2.75) is 42.5 Å². The SMILES string of the molecule is CC(=O)c1ccc(S(=O)(=O)N2CCN(C(=O)C3CSC4(C)CCC(=O)N34)CC2)cc1. The van der Waals surface area contributed by atoms with Gasteiger partial charge in [0.2, 0.25) is 21.8 Å². The van der Waals surface area contributed by atoms with Gasteiger partial charge in [-0.05, 0) is 32.4 Å². The molecule has 0 aliphatic carbocycles. The molecule has 3 aliphatic rings. The van der Waals surface area contributed by atoms with Crippen LogP contribution in [-0.2, 0) is 19.6 Å². The number of nitrogens with zero attached hydrogens (tertiary/aromatic N) is 3. The summed E-state index contributed by atoms with van der Waals surface area (Å²) in [5, 5.41) is 0. The van der Waals surface area contributed by atoms with Crippen LogP contribution in [0.5, 0.6) is 0 Å². The number of thioether (sulfide) groups is 1. The van der Waals surface area contributed by atoms with Crippen molar-refractivity contribution in [1.82, 2.24) is 14.1 Å². The number of Topliss-reactive ketones (excluding diaryl/α,β-unsaturated/α-hetero) is 1. The molecule has 4 rings (SSSR count). The molecule has 10 heteroatoms. The van der Waals surface area contributed by atoms with Gasteiger partial charge in [0.05, 0.1) is 9.77 Å². The molecule has 0 saturated carbocycles. The highest BCUT2D eigenvalue weighted by atomic mass is 32.2. The lowest BCUT2D eigenvalue weighted by Crippen LogP contribution is -2.56. The predicted molar refractivity (Wildman–Crippen MR) is 113 cm³/mol. The smallest absolute Gasteiger partial charge is 0.246 e. The van der Waals surface area contributed by atoms with Crippen molar-refractivity contribution in [3.8, 4) is 0 Å². The van der Waals surface area contributed by atoms with E-state index in [0.717, 1.165) is 6.42 Å². The highest BCUT2D eigenvalue weighted by Gasteiger charge is 2.53. The maximum Gasteiger partial charge on any atom is 0.246 e. The van der Waals surface area contributed by atoms with Crippen molar-refractivity contribution in [2.75, 3.05) is 31.9 Å². The first kappa shape index (κ1) is 21.3. The molecule has 3 aliphatic heterocycles. The maximum atomic E-state index is 13.1. The Labute approximate surface area is 180 Å². The van der Waals surface area contributed by atoms with Crippen LogP contribution in [-0.4, -0.2) is 83.0 Å². The second kappa shape index (κ2) is 7.65. The number of hydrogen-bond donors (Lipinski definition) is 0. The van der Waals surface area contributed by atoms with E-state index in [1.807, 2.05) is 6.92 Å². The molecule has 1 aromatic rings. The van der Waals surface area contributed by atoms with Gasteiger partial charge in [0.25, 0.3) is 0 Å². The summed E-state index contributed by atoms with van der Waals surface area (Å²) in [6, 6.07) is 5.45. The van der Waals surface area contributed by atoms with Gasteiger partial charge >= 0.3 is 0 Å². The van der Waals surface area contributed by atoms with E-state index in [0.29, 0.717) is 30.8 Å². The Balaban J connectivity index is 1.41. The van der Waals surface area contributed by atoms with Gasteiger partial charge in [0, 0.05) is 43.9 Å². The molecule has 0 N–H and O–H groups in total. The van der Waals surface area contributed by atoms with E-state index in [9.17, 15) is 22.8 Å². The summed E-state index contributed by atoms with van der Waals surface area (Å²) < 4.78 is 27.2. The Morgan fingerprint density at radius 3 is 2.33 bits per heavy atom. The van der Waals surface area contributed by atoms with Crippen LogP contribution < -0.4 is 0 Å². The van der Waals surface area contributed by atoms with Gasteiger partial charge in [-0.25, -0.2) is 8.42 Å². The molecule has 0 spiro atoms. The minimum atomic E-state index is -3.69. The van der Waals surface area contributed by atoms with Crippen molar-refractivity contribution < 1.29 is 22.8 Å². The Morgan fingerprint density at radius 2 is 1.73 bits per heavy atom. The van der Waals surface area contributed by atoms with Crippen molar-refractivity contribution in [2.24, 2.45) is 0 Å². The van der Waals surface area contributed by atoms with E-state index in [-0.39, 0.29) is 40.5 Å². The lowest BCUT2D eigenvalue weighted by Gasteiger charge is -2.37. The summed E-state index contributed by atoms with van der Waals surface area (Å²) in [5.41, 5.74) is 0.460. The van der Waals surface area contributed by atoms with Gasteiger partial charge in [0.1, 0.15) is 6.04 Å². The largest absolute Gasteiger partial charge is 0.338 e. The van der Waals surface area contributed by atoms with E-state index in [4.69, 9.17) is 0 Å². The Kier molecular flexibility index (Phi) is 5.44. The first-order valence-corrected chi connectivity index (χ1v) is 12.4. The third-order valence-electron chi connectivity index (χ3n) is 6.18. The van der Waals surface area contributed by atoms with E-state index >= 15 is 0 Å². The number of benzene rings is 1. The summed E-state index contributed by atoms with van der Waals surface area (Å²) >= 11 is 1.65. The van der Waals surface area contributed by atoms with E-state index in [2.05, 4.69) is 0 Å². The van der Waals surface area contributed by atoms with Gasteiger partial charge in [-0.1, -0.05) is 12.1 Å². The minimum absolute atomic E-state index is 0.0241. The molecule has 30 heavy (non-hydrogen) atoms. The summed E-state index contributed by atoms with van der Waals surface area (Å²) in [5.74, 6) is 0.395. The van der Waals surface area contributed by atoms with Crippen LogP contribution in [0, 0.1) is 0 Å². The van der Waals surface area contributed by atoms with Crippen LogP contribution in [0.3, 0.4) is 0 Å². The second-order valence-electron chi connectivity index (χ2n) is 8.08. The summed E-state index contributed by atoms with van der Waals surface area (Å²) in [7, 11) is -3.69. The van der Waals surface area contributed by atoms with Gasteiger partial charge in [0.15, 0.2) is 5.78 Å². The van der Waals surface area contributed by atoms with Crippen LogP contribution >= 0.6 is 11.8 Å². The Morgan fingerprint density at radius 1 is 1.10 bits per heavy atom. The van der Waals surface area contributed by atoms with Crippen LogP contribution in [0.15, 0.2) is 29.2 Å². The number of piperazine rings is 1. The number of ketones is 1. The molecule has 0 bridgehead atoms. The average Bonchev–Trinajstić information content (AvgIpc) is 3.23. The number of carbonyl (C=O) groups excluding carboxylic acids is 3. The zero-order valence-corrected chi connectivity index (χ0v) is 18.7. The van der Waals surface area contributed by atoms with Crippen molar-refractivity contribution in [3.63, 3.8) is 0 Å². The fraction of sp³-hybridized carbons (Fsp3) is 0.550. The molecule has 0 aromatic heterocycles. The van der Waals surface area contributed by atoms with Gasteiger partial charge in [-0.15, -0.1) is 11.8 Å². The molecule has 162 valence electrons. The number of carbonyl (C=O) groups is 3. The fourth-order valence-electron chi connectivity index (χ4n) is 4.37. The first-order valence-electron chi connectivity index (χ1n) is 9.99. The Bertz CT molecular complexity index is 986. The Hall–Kier alpha value is -1.91. The monoisotopic (exact) mass is 451 g/mol. The number of amides is 2. The second-order valence-corrected chi connectivity index (χ2v) is 11.5. The average molecular weight is 452 g/mol. The molecule has 2 atom stereocenters. The van der Waals surface area contributed by atoms with Gasteiger partial charge < -0.3 is 9.80 Å². The number of rotatable bonds is 4. The quantitative estimate of drug-likeness (QED) is 0.638. The molecule has 8 nitrogen and oxygen atoms in total. The topological polar surface area (TPSA) is 95.1 Å². The number of hydrogen-bond acceptors (Lipinski definition) is 6. The van der Waals surface area contributed by atoms with E-state index < -0.39 is 16.1 Å². The highest BCUT2D eigenvalue weighted by Crippen LogP contribution is 2.47. The molecule has 2 unspecified atom stereocenters. The molecule has 3 heterocycles. The van der Waals surface area contributed by atoms with E-state index in [1.54, 1.807) is 21.6 Å². The van der Waals surface area contributed by atoms with Crippen LogP contribution in [0.1, 0.15) is 37.0 Å². The van der Waals surface area contributed by atoms with Crippen LogP contribution in [0.4, 0.5) is 0 Å². The third-order valence-corrected chi connectivity index (χ3v) is 9.60. The van der Waals surface area contributed by atoms with Crippen molar-refractivity contribution in [1.29, 1.82) is 0 Å². The lowest BCUT2D eigenvalue weighted by atomic mass is 10.2. The molecular weight excluding hydrogens is 426 g/mol. The normalized spacial score (nSPS) is 27.4. The molecule has 2 amide bonds. The van der Waals surface area contributed by atoms with E-state index in [1.165, 1.54) is 35.5 Å². The maximum absolute atomic E-state index is 13.1.